The van der Waals surface area contributed by atoms with Crippen LogP contribution in [0.15, 0.2) is 16.6 Å². The molecule has 1 heterocycles. The van der Waals surface area contributed by atoms with E-state index in [0.717, 1.165) is 30.6 Å². The number of hydrogen-bond acceptors (Lipinski definition) is 2. The number of anilines is 1. The Bertz CT molecular complexity index is 390. The smallest absolute Gasteiger partial charge is 0.338 e. The molecule has 4 heteroatoms. The molecule has 14 heavy (non-hydrogen) atoms. The molecule has 0 amide bonds. The van der Waals surface area contributed by atoms with Crippen LogP contribution in [0.3, 0.4) is 0 Å². The number of nitrogens with one attached hydrogen (secondary N) is 1. The highest BCUT2D eigenvalue weighted by atomic mass is 79.9. The first kappa shape index (κ1) is 9.52. The molecule has 1 aromatic carbocycles. The van der Waals surface area contributed by atoms with Crippen LogP contribution >= 0.6 is 15.9 Å². The van der Waals surface area contributed by atoms with Gasteiger partial charge < -0.3 is 10.4 Å². The van der Waals surface area contributed by atoms with E-state index in [4.69, 9.17) is 5.11 Å². The molecule has 0 bridgehead atoms. The van der Waals surface area contributed by atoms with Crippen LogP contribution in [0.4, 0.5) is 5.69 Å². The zero-order chi connectivity index (χ0) is 10.1. The predicted octanol–water partition coefficient (Wildman–Crippen LogP) is 2.51. The number of fused-ring (bicyclic) bond motifs is 1. The van der Waals surface area contributed by atoms with Crippen molar-refractivity contribution in [3.63, 3.8) is 0 Å². The molecule has 0 saturated carbocycles. The van der Waals surface area contributed by atoms with Crippen molar-refractivity contribution in [2.24, 2.45) is 0 Å². The second-order valence-electron chi connectivity index (χ2n) is 3.29. The van der Waals surface area contributed by atoms with Gasteiger partial charge in [-0.15, -0.1) is 0 Å². The Balaban J connectivity index is 2.60. The number of benzene rings is 1. The Hall–Kier alpha value is -1.03. The van der Waals surface area contributed by atoms with E-state index in [1.165, 1.54) is 0 Å². The lowest BCUT2D eigenvalue weighted by molar-refractivity contribution is 0.0697. The van der Waals surface area contributed by atoms with Gasteiger partial charge in [0, 0.05) is 11.0 Å². The summed E-state index contributed by atoms with van der Waals surface area (Å²) >= 11 is 3.26. The molecule has 0 aromatic heterocycles. The number of carbonyl (C=O) groups is 1. The van der Waals surface area contributed by atoms with E-state index >= 15 is 0 Å². The molecule has 2 rings (SSSR count). The first-order chi connectivity index (χ1) is 6.70. The minimum Gasteiger partial charge on any atom is -0.478 e. The average molecular weight is 256 g/mol. The predicted molar refractivity (Wildman–Crippen MR) is 57.9 cm³/mol. The highest BCUT2D eigenvalue weighted by molar-refractivity contribution is 9.10. The minimum absolute atomic E-state index is 0.349. The number of hydrogen-bond donors (Lipinski definition) is 2. The van der Waals surface area contributed by atoms with E-state index in [1.807, 2.05) is 6.07 Å². The van der Waals surface area contributed by atoms with E-state index in [-0.39, 0.29) is 0 Å². The standard InChI is InChI=1S/C10H10BrNO2/c11-7-4-3-6-2-1-5-12-9(6)8(7)10(13)14/h3-4,12H,1-2,5H2,(H,13,14). The lowest BCUT2D eigenvalue weighted by Gasteiger charge is -2.20. The Kier molecular flexibility index (Phi) is 2.46. The lowest BCUT2D eigenvalue weighted by Crippen LogP contribution is -2.16. The fourth-order valence-corrected chi connectivity index (χ4v) is 2.23. The molecule has 0 unspecified atom stereocenters. The Morgan fingerprint density at radius 3 is 3.00 bits per heavy atom. The summed E-state index contributed by atoms with van der Waals surface area (Å²) in [4.78, 5) is 11.0. The van der Waals surface area contributed by atoms with Crippen LogP contribution in [-0.4, -0.2) is 17.6 Å². The van der Waals surface area contributed by atoms with Gasteiger partial charge in [-0.25, -0.2) is 4.79 Å². The maximum absolute atomic E-state index is 11.0. The molecule has 0 fully saturated rings. The van der Waals surface area contributed by atoms with Gasteiger partial charge in [-0.3, -0.25) is 0 Å². The van der Waals surface area contributed by atoms with Gasteiger partial charge >= 0.3 is 5.97 Å². The number of aryl methyl sites for hydroxylation is 1. The molecule has 1 aliphatic rings. The summed E-state index contributed by atoms with van der Waals surface area (Å²) in [6.07, 6.45) is 2.02. The normalized spacial score (nSPS) is 14.4. The highest BCUT2D eigenvalue weighted by Gasteiger charge is 2.19. The quantitative estimate of drug-likeness (QED) is 0.811. The second-order valence-corrected chi connectivity index (χ2v) is 4.15. The first-order valence-corrected chi connectivity index (χ1v) is 5.28. The van der Waals surface area contributed by atoms with Crippen molar-refractivity contribution in [1.29, 1.82) is 0 Å². The SMILES string of the molecule is O=C(O)c1c(Br)ccc2c1NCCC2. The molecule has 3 nitrogen and oxygen atoms in total. The van der Waals surface area contributed by atoms with Gasteiger partial charge in [0.1, 0.15) is 0 Å². The summed E-state index contributed by atoms with van der Waals surface area (Å²) in [6, 6.07) is 3.77. The van der Waals surface area contributed by atoms with Crippen molar-refractivity contribution in [2.75, 3.05) is 11.9 Å². The summed E-state index contributed by atoms with van der Waals surface area (Å²) in [6.45, 7) is 0.851. The fraction of sp³-hybridized carbons (Fsp3) is 0.300. The van der Waals surface area contributed by atoms with Crippen LogP contribution in [-0.2, 0) is 6.42 Å². The van der Waals surface area contributed by atoms with E-state index in [1.54, 1.807) is 6.07 Å². The van der Waals surface area contributed by atoms with Gasteiger partial charge in [0.2, 0.25) is 0 Å². The number of rotatable bonds is 1. The zero-order valence-electron chi connectivity index (χ0n) is 7.51. The van der Waals surface area contributed by atoms with Crippen molar-refractivity contribution in [1.82, 2.24) is 0 Å². The molecule has 2 N–H and O–H groups in total. The Labute approximate surface area is 90.3 Å². The van der Waals surface area contributed by atoms with Crippen molar-refractivity contribution in [2.45, 2.75) is 12.8 Å². The van der Waals surface area contributed by atoms with Crippen LogP contribution in [0.25, 0.3) is 0 Å². The van der Waals surface area contributed by atoms with Crippen LogP contribution in [0.5, 0.6) is 0 Å². The maximum Gasteiger partial charge on any atom is 0.338 e. The molecule has 0 radical (unpaired) electrons. The third kappa shape index (κ3) is 1.50. The molecule has 0 atom stereocenters. The van der Waals surface area contributed by atoms with Gasteiger partial charge in [0.25, 0.3) is 0 Å². The van der Waals surface area contributed by atoms with E-state index in [9.17, 15) is 4.79 Å². The third-order valence-corrected chi connectivity index (χ3v) is 3.04. The highest BCUT2D eigenvalue weighted by Crippen LogP contribution is 2.31. The van der Waals surface area contributed by atoms with Crippen LogP contribution in [0, 0.1) is 0 Å². The number of carboxylic acid groups (broad SMARTS) is 1. The monoisotopic (exact) mass is 255 g/mol. The van der Waals surface area contributed by atoms with Gasteiger partial charge in [0.05, 0.1) is 11.3 Å². The van der Waals surface area contributed by atoms with E-state index < -0.39 is 5.97 Å². The van der Waals surface area contributed by atoms with Crippen molar-refractivity contribution in [3.05, 3.63) is 27.7 Å². The van der Waals surface area contributed by atoms with Crippen LogP contribution < -0.4 is 5.32 Å². The number of aromatic carboxylic acids is 1. The van der Waals surface area contributed by atoms with Gasteiger partial charge in [-0.2, -0.15) is 0 Å². The Morgan fingerprint density at radius 2 is 2.29 bits per heavy atom. The molecule has 1 aliphatic heterocycles. The van der Waals surface area contributed by atoms with Crippen molar-refractivity contribution in [3.8, 4) is 0 Å². The molecule has 0 saturated heterocycles. The second kappa shape index (κ2) is 3.61. The first-order valence-electron chi connectivity index (χ1n) is 4.48. The lowest BCUT2D eigenvalue weighted by atomic mass is 9.99. The summed E-state index contributed by atoms with van der Waals surface area (Å²) in [5.74, 6) is -0.886. The zero-order valence-corrected chi connectivity index (χ0v) is 9.10. The third-order valence-electron chi connectivity index (χ3n) is 2.38. The number of carboxylic acids is 1. The summed E-state index contributed by atoms with van der Waals surface area (Å²) in [7, 11) is 0. The molecule has 1 aromatic rings. The average Bonchev–Trinajstić information content (AvgIpc) is 2.17. The van der Waals surface area contributed by atoms with Gasteiger partial charge in [0.15, 0.2) is 0 Å². The topological polar surface area (TPSA) is 49.3 Å². The van der Waals surface area contributed by atoms with Crippen molar-refractivity contribution < 1.29 is 9.90 Å². The van der Waals surface area contributed by atoms with Gasteiger partial charge in [-0.1, -0.05) is 6.07 Å². The fourth-order valence-electron chi connectivity index (χ4n) is 1.73. The molecular formula is C10H10BrNO2. The largest absolute Gasteiger partial charge is 0.478 e. The Morgan fingerprint density at radius 1 is 1.50 bits per heavy atom. The summed E-state index contributed by atoms with van der Waals surface area (Å²) in [5, 5.41) is 12.2. The van der Waals surface area contributed by atoms with Gasteiger partial charge in [-0.05, 0) is 40.4 Å². The molecular weight excluding hydrogens is 246 g/mol. The van der Waals surface area contributed by atoms with E-state index in [0.29, 0.717) is 10.0 Å². The maximum atomic E-state index is 11.0. The van der Waals surface area contributed by atoms with Crippen molar-refractivity contribution >= 4 is 27.6 Å². The summed E-state index contributed by atoms with van der Waals surface area (Å²) < 4.78 is 0.637. The van der Waals surface area contributed by atoms with E-state index in [2.05, 4.69) is 21.2 Å². The molecule has 74 valence electrons. The molecule has 0 spiro atoms. The van der Waals surface area contributed by atoms with Crippen LogP contribution in [0.1, 0.15) is 22.3 Å². The minimum atomic E-state index is -0.886. The molecule has 0 aliphatic carbocycles. The van der Waals surface area contributed by atoms with Crippen LogP contribution in [0.2, 0.25) is 0 Å². The number of halogens is 1. The summed E-state index contributed by atoms with van der Waals surface area (Å²) in [5.41, 5.74) is 2.22.